The number of anilines is 2. The van der Waals surface area contributed by atoms with Gasteiger partial charge in [-0.05, 0) is 37.6 Å². The topological polar surface area (TPSA) is 93.9 Å². The molecule has 0 radical (unpaired) electrons. The van der Waals surface area contributed by atoms with Crippen molar-refractivity contribution in [1.82, 2.24) is 9.97 Å². The van der Waals surface area contributed by atoms with E-state index in [2.05, 4.69) is 20.6 Å². The van der Waals surface area contributed by atoms with Gasteiger partial charge in [0.1, 0.15) is 5.82 Å². The Bertz CT molecular complexity index is 1400. The molecule has 2 aromatic heterocycles. The molecule has 0 unspecified atom stereocenters. The van der Waals surface area contributed by atoms with Crippen LogP contribution in [0.4, 0.5) is 24.7 Å². The Balaban J connectivity index is 1.56. The monoisotopic (exact) mass is 491 g/mol. The largest absolute Gasteiger partial charge is 0.419 e. The molecule has 9 heteroatoms. The predicted molar refractivity (Wildman–Crippen MR) is 133 cm³/mol. The predicted octanol–water partition coefficient (Wildman–Crippen LogP) is 5.94. The summed E-state index contributed by atoms with van der Waals surface area (Å²) in [5, 5.41) is 24.9. The molecular formula is C27H24F3N5O. The second-order valence-electron chi connectivity index (χ2n) is 8.78. The first kappa shape index (κ1) is 24.9. The average molecular weight is 492 g/mol. The summed E-state index contributed by atoms with van der Waals surface area (Å²) >= 11 is 0. The lowest BCUT2D eigenvalue weighted by molar-refractivity contribution is -0.135. The van der Waals surface area contributed by atoms with Gasteiger partial charge in [-0.2, -0.15) is 18.4 Å². The van der Waals surface area contributed by atoms with Crippen molar-refractivity contribution >= 4 is 22.4 Å². The van der Waals surface area contributed by atoms with E-state index in [9.17, 15) is 18.3 Å². The quantitative estimate of drug-likeness (QED) is 0.277. The van der Waals surface area contributed by atoms with Gasteiger partial charge >= 0.3 is 6.18 Å². The zero-order valence-corrected chi connectivity index (χ0v) is 19.7. The van der Waals surface area contributed by atoms with Crippen LogP contribution in [-0.4, -0.2) is 28.2 Å². The molecule has 2 aromatic carbocycles. The number of nitrogens with zero attached hydrogens (tertiary/aromatic N) is 3. The molecule has 4 aromatic rings. The summed E-state index contributed by atoms with van der Waals surface area (Å²) in [5.41, 5.74) is 0.674. The molecule has 0 spiro atoms. The Kier molecular flexibility index (Phi) is 6.82. The lowest BCUT2D eigenvalue weighted by Crippen LogP contribution is -2.19. The number of para-hydroxylation sites is 1. The van der Waals surface area contributed by atoms with Crippen LogP contribution in [0.25, 0.3) is 22.0 Å². The van der Waals surface area contributed by atoms with E-state index in [1.54, 1.807) is 68.6 Å². The van der Waals surface area contributed by atoms with Gasteiger partial charge in [0.25, 0.3) is 0 Å². The van der Waals surface area contributed by atoms with Crippen LogP contribution in [0.3, 0.4) is 0 Å². The van der Waals surface area contributed by atoms with Crippen LogP contribution >= 0.6 is 0 Å². The number of fused-ring (bicyclic) bond motifs is 1. The zero-order valence-electron chi connectivity index (χ0n) is 19.7. The first-order valence-electron chi connectivity index (χ1n) is 11.2. The highest BCUT2D eigenvalue weighted by Gasteiger charge is 2.36. The molecule has 6 nitrogen and oxygen atoms in total. The molecule has 0 fully saturated rings. The normalized spacial score (nSPS) is 11.8. The van der Waals surface area contributed by atoms with Crippen molar-refractivity contribution in [2.75, 3.05) is 23.7 Å². The van der Waals surface area contributed by atoms with Crippen LogP contribution in [0.15, 0.2) is 67.0 Å². The number of aromatic nitrogens is 2. The average Bonchev–Trinajstić information content (AvgIpc) is 2.85. The van der Waals surface area contributed by atoms with Gasteiger partial charge in [-0.15, -0.1) is 0 Å². The van der Waals surface area contributed by atoms with Crippen molar-refractivity contribution < 1.29 is 18.3 Å². The number of rotatable bonds is 7. The minimum atomic E-state index is -4.60. The van der Waals surface area contributed by atoms with Gasteiger partial charge in [-0.3, -0.25) is 4.98 Å². The van der Waals surface area contributed by atoms with E-state index < -0.39 is 17.3 Å². The highest BCUT2D eigenvalue weighted by atomic mass is 19.4. The summed E-state index contributed by atoms with van der Waals surface area (Å²) in [7, 11) is 0. The number of nitriles is 1. The summed E-state index contributed by atoms with van der Waals surface area (Å²) in [6, 6.07) is 16.8. The summed E-state index contributed by atoms with van der Waals surface area (Å²) in [5.74, 6) is 0.546. The van der Waals surface area contributed by atoms with E-state index in [4.69, 9.17) is 5.26 Å². The van der Waals surface area contributed by atoms with Gasteiger partial charge in [0.15, 0.2) is 0 Å². The summed E-state index contributed by atoms with van der Waals surface area (Å²) < 4.78 is 42.5. The number of halogens is 3. The molecule has 3 N–H and O–H groups in total. The fourth-order valence-corrected chi connectivity index (χ4v) is 3.87. The van der Waals surface area contributed by atoms with Crippen molar-refractivity contribution in [3.63, 3.8) is 0 Å². The molecule has 4 rings (SSSR count). The Morgan fingerprint density at radius 2 is 1.64 bits per heavy atom. The third-order valence-corrected chi connectivity index (χ3v) is 5.72. The Labute approximate surface area is 206 Å². The van der Waals surface area contributed by atoms with Gasteiger partial charge in [0.2, 0.25) is 0 Å². The number of hydrogen-bond acceptors (Lipinski definition) is 6. The molecular weight excluding hydrogens is 467 g/mol. The van der Waals surface area contributed by atoms with E-state index in [-0.39, 0.29) is 23.1 Å². The lowest BCUT2D eigenvalue weighted by atomic mass is 9.98. The molecule has 0 amide bonds. The van der Waals surface area contributed by atoms with E-state index in [0.717, 1.165) is 0 Å². The number of alkyl halides is 3. The summed E-state index contributed by atoms with van der Waals surface area (Å²) in [6.45, 7) is 3.82. The minimum Gasteiger partial charge on any atom is -0.386 e. The van der Waals surface area contributed by atoms with Crippen LogP contribution in [0.5, 0.6) is 0 Å². The first-order chi connectivity index (χ1) is 17.1. The maximum absolute atomic E-state index is 14.2. The number of benzene rings is 2. The van der Waals surface area contributed by atoms with Gasteiger partial charge in [-0.1, -0.05) is 36.4 Å². The van der Waals surface area contributed by atoms with E-state index in [1.807, 2.05) is 6.07 Å². The fraction of sp³-hybridized carbons (Fsp3) is 0.222. The van der Waals surface area contributed by atoms with Crippen LogP contribution in [0, 0.1) is 11.3 Å². The lowest BCUT2D eigenvalue weighted by Gasteiger charge is -2.19. The summed E-state index contributed by atoms with van der Waals surface area (Å²) in [4.78, 5) is 8.59. The van der Waals surface area contributed by atoms with Crippen molar-refractivity contribution in [3.05, 3.63) is 83.7 Å². The highest BCUT2D eigenvalue weighted by Crippen LogP contribution is 2.41. The smallest absolute Gasteiger partial charge is 0.386 e. The van der Waals surface area contributed by atoms with E-state index in [0.29, 0.717) is 34.6 Å². The Morgan fingerprint density at radius 1 is 0.917 bits per heavy atom. The van der Waals surface area contributed by atoms with Crippen molar-refractivity contribution in [1.29, 1.82) is 5.26 Å². The molecule has 184 valence electrons. The molecule has 0 atom stereocenters. The fourth-order valence-electron chi connectivity index (χ4n) is 3.87. The second-order valence-corrected chi connectivity index (χ2v) is 8.78. The Hall–Kier alpha value is -4.16. The summed E-state index contributed by atoms with van der Waals surface area (Å²) in [6.07, 6.45) is -1.85. The zero-order chi connectivity index (χ0) is 25.9. The molecule has 0 aliphatic carbocycles. The third-order valence-electron chi connectivity index (χ3n) is 5.72. The number of pyridine rings is 2. The van der Waals surface area contributed by atoms with Crippen molar-refractivity contribution in [3.8, 4) is 17.2 Å². The molecule has 0 aliphatic rings. The number of hydrogen-bond donors (Lipinski definition) is 3. The molecule has 0 bridgehead atoms. The SMILES string of the molecule is CC(C)(O)c1ccc(NCCNc2cnc3c(-c4ccc(C#N)cc4)cccc3c2C(F)(F)F)nc1. The first-order valence-corrected chi connectivity index (χ1v) is 11.2. The maximum atomic E-state index is 14.2. The molecule has 0 saturated heterocycles. The maximum Gasteiger partial charge on any atom is 0.419 e. The van der Waals surface area contributed by atoms with Crippen LogP contribution in [0.1, 0.15) is 30.5 Å². The van der Waals surface area contributed by atoms with Gasteiger partial charge in [-0.25, -0.2) is 4.98 Å². The van der Waals surface area contributed by atoms with Crippen molar-refractivity contribution in [2.45, 2.75) is 25.6 Å². The number of nitrogens with one attached hydrogen (secondary N) is 2. The molecule has 36 heavy (non-hydrogen) atoms. The molecule has 0 saturated carbocycles. The van der Waals surface area contributed by atoms with Crippen LogP contribution in [-0.2, 0) is 11.8 Å². The highest BCUT2D eigenvalue weighted by molar-refractivity contribution is 5.97. The van der Waals surface area contributed by atoms with E-state index in [1.165, 1.54) is 12.3 Å². The number of aliphatic hydroxyl groups is 1. The standard InChI is InChI=1S/C27H24F3N5O/c1-26(2,36)19-10-11-23(34-15-19)33-13-12-32-22-16-35-25-20(18-8-6-17(14-31)7-9-18)4-3-5-21(25)24(22)27(28,29)30/h3-11,15-16,32,36H,12-13H2,1-2H3,(H,33,34). The van der Waals surface area contributed by atoms with Crippen molar-refractivity contribution in [2.24, 2.45) is 0 Å². The minimum absolute atomic E-state index is 0.00816. The van der Waals surface area contributed by atoms with Gasteiger partial charge in [0.05, 0.1) is 40.2 Å². The Morgan fingerprint density at radius 3 is 2.25 bits per heavy atom. The van der Waals surface area contributed by atoms with Crippen LogP contribution in [0.2, 0.25) is 0 Å². The van der Waals surface area contributed by atoms with Crippen LogP contribution < -0.4 is 10.6 Å². The van der Waals surface area contributed by atoms with Gasteiger partial charge in [0, 0.05) is 35.8 Å². The third kappa shape index (κ3) is 5.39. The van der Waals surface area contributed by atoms with E-state index >= 15 is 0 Å². The van der Waals surface area contributed by atoms with Gasteiger partial charge < -0.3 is 15.7 Å². The second kappa shape index (κ2) is 9.84. The molecule has 0 aliphatic heterocycles. The molecule has 2 heterocycles.